The molecule has 1 N–H and O–H groups in total. The van der Waals surface area contributed by atoms with E-state index in [0.717, 1.165) is 51.3 Å². The number of nitrogens with zero attached hydrogens (tertiary/aromatic N) is 2. The van der Waals surface area contributed by atoms with Crippen LogP contribution in [0.15, 0.2) is 18.2 Å². The van der Waals surface area contributed by atoms with Crippen LogP contribution in [0.2, 0.25) is 0 Å². The van der Waals surface area contributed by atoms with Gasteiger partial charge in [-0.1, -0.05) is 0 Å². The molecule has 1 amide bonds. The molecule has 2 aliphatic rings. The summed E-state index contributed by atoms with van der Waals surface area (Å²) in [6.07, 6.45) is 1.73. The van der Waals surface area contributed by atoms with Gasteiger partial charge in [-0.25, -0.2) is 0 Å². The summed E-state index contributed by atoms with van der Waals surface area (Å²) < 4.78 is 5.38. The van der Waals surface area contributed by atoms with Gasteiger partial charge in [-0.2, -0.15) is 0 Å². The second-order valence-electron chi connectivity index (χ2n) is 6.27. The Labute approximate surface area is 132 Å². The van der Waals surface area contributed by atoms with Crippen LogP contribution in [-0.4, -0.2) is 57.7 Å². The zero-order valence-electron chi connectivity index (χ0n) is 13.5. The van der Waals surface area contributed by atoms with Gasteiger partial charge in [-0.3, -0.25) is 4.79 Å². The van der Waals surface area contributed by atoms with Gasteiger partial charge < -0.3 is 19.9 Å². The first-order valence-electron chi connectivity index (χ1n) is 8.05. The maximum Gasteiger partial charge on any atom is 0.223 e. The third-order valence-electron chi connectivity index (χ3n) is 4.76. The summed E-state index contributed by atoms with van der Waals surface area (Å²) in [7, 11) is 3.85. The molecule has 120 valence electrons. The van der Waals surface area contributed by atoms with E-state index in [-0.39, 0.29) is 11.8 Å². The van der Waals surface area contributed by atoms with Gasteiger partial charge in [0.05, 0.1) is 7.11 Å². The summed E-state index contributed by atoms with van der Waals surface area (Å²) in [6, 6.07) is 6.26. The minimum atomic E-state index is 0.0957. The van der Waals surface area contributed by atoms with E-state index in [1.165, 1.54) is 11.3 Å². The van der Waals surface area contributed by atoms with E-state index in [9.17, 15) is 4.79 Å². The highest BCUT2D eigenvalue weighted by Gasteiger charge is 2.26. The first-order valence-corrected chi connectivity index (χ1v) is 8.05. The average molecular weight is 303 g/mol. The van der Waals surface area contributed by atoms with Crippen LogP contribution < -0.4 is 15.0 Å². The van der Waals surface area contributed by atoms with Crippen molar-refractivity contribution in [2.45, 2.75) is 12.8 Å². The Morgan fingerprint density at radius 1 is 1.27 bits per heavy atom. The Bertz CT molecular complexity index is 539. The predicted molar refractivity (Wildman–Crippen MR) is 87.5 cm³/mol. The molecule has 22 heavy (non-hydrogen) atoms. The minimum absolute atomic E-state index is 0.0957. The summed E-state index contributed by atoms with van der Waals surface area (Å²) in [4.78, 5) is 16.7. The van der Waals surface area contributed by atoms with Crippen molar-refractivity contribution in [1.82, 2.24) is 10.2 Å². The van der Waals surface area contributed by atoms with Gasteiger partial charge in [-0.15, -0.1) is 0 Å². The van der Waals surface area contributed by atoms with E-state index >= 15 is 0 Å². The Balaban J connectivity index is 1.83. The van der Waals surface area contributed by atoms with Crippen LogP contribution in [-0.2, 0) is 11.2 Å². The van der Waals surface area contributed by atoms with Crippen molar-refractivity contribution in [1.29, 1.82) is 0 Å². The van der Waals surface area contributed by atoms with E-state index < -0.39 is 0 Å². The number of nitrogens with one attached hydrogen (secondary N) is 1. The molecule has 5 heteroatoms. The maximum atomic E-state index is 11.9. The zero-order chi connectivity index (χ0) is 15.5. The van der Waals surface area contributed by atoms with Crippen LogP contribution in [0, 0.1) is 5.92 Å². The van der Waals surface area contributed by atoms with Gasteiger partial charge >= 0.3 is 0 Å². The summed E-state index contributed by atoms with van der Waals surface area (Å²) >= 11 is 0. The highest BCUT2D eigenvalue weighted by molar-refractivity contribution is 5.81. The monoisotopic (exact) mass is 303 g/mol. The molecule has 0 aliphatic carbocycles. The molecule has 0 radical (unpaired) electrons. The van der Waals surface area contributed by atoms with Crippen LogP contribution in [0.25, 0.3) is 0 Å². The predicted octanol–water partition coefficient (Wildman–Crippen LogP) is 1.13. The van der Waals surface area contributed by atoms with Crippen molar-refractivity contribution in [3.05, 3.63) is 23.8 Å². The molecule has 0 aromatic heterocycles. The SMILES string of the molecule is COc1ccc(N2CCN(C)CC2)c(CC2CCNC2=O)c1. The molecule has 2 aliphatic heterocycles. The second-order valence-corrected chi connectivity index (χ2v) is 6.27. The fourth-order valence-electron chi connectivity index (χ4n) is 3.31. The number of rotatable bonds is 4. The molecule has 2 saturated heterocycles. The molecule has 3 rings (SSSR count). The fraction of sp³-hybridized carbons (Fsp3) is 0.588. The molecule has 0 saturated carbocycles. The standard InChI is InChI=1S/C17H25N3O2/c1-19-7-9-20(10-8-19)16-4-3-15(22-2)12-14(16)11-13-5-6-18-17(13)21/h3-4,12-13H,5-11H2,1-2H3,(H,18,21). The Morgan fingerprint density at radius 3 is 2.68 bits per heavy atom. The molecule has 0 bridgehead atoms. The number of hydrogen-bond acceptors (Lipinski definition) is 4. The van der Waals surface area contributed by atoms with E-state index in [1.54, 1.807) is 7.11 Å². The normalized spacial score (nSPS) is 22.7. The molecular weight excluding hydrogens is 278 g/mol. The van der Waals surface area contributed by atoms with Crippen LogP contribution in [0.4, 0.5) is 5.69 Å². The molecule has 2 fully saturated rings. The average Bonchev–Trinajstić information content (AvgIpc) is 2.93. The zero-order valence-corrected chi connectivity index (χ0v) is 13.5. The number of likely N-dealkylation sites (N-methyl/N-ethyl adjacent to an activating group) is 1. The lowest BCUT2D eigenvalue weighted by atomic mass is 9.96. The first kappa shape index (κ1) is 15.2. The quantitative estimate of drug-likeness (QED) is 0.905. The molecule has 1 aromatic rings. The number of amides is 1. The summed E-state index contributed by atoms with van der Waals surface area (Å²) in [5.74, 6) is 1.15. The smallest absolute Gasteiger partial charge is 0.223 e. The van der Waals surface area contributed by atoms with E-state index in [2.05, 4.69) is 34.3 Å². The lowest BCUT2D eigenvalue weighted by molar-refractivity contribution is -0.122. The lowest BCUT2D eigenvalue weighted by Crippen LogP contribution is -2.44. The van der Waals surface area contributed by atoms with E-state index in [0.29, 0.717) is 0 Å². The van der Waals surface area contributed by atoms with Crippen molar-refractivity contribution in [2.24, 2.45) is 5.92 Å². The van der Waals surface area contributed by atoms with Crippen molar-refractivity contribution >= 4 is 11.6 Å². The Morgan fingerprint density at radius 2 is 2.05 bits per heavy atom. The number of piperazine rings is 1. The third kappa shape index (κ3) is 3.19. The molecule has 1 unspecified atom stereocenters. The molecule has 5 nitrogen and oxygen atoms in total. The van der Waals surface area contributed by atoms with Crippen LogP contribution >= 0.6 is 0 Å². The Hall–Kier alpha value is -1.75. The van der Waals surface area contributed by atoms with Gasteiger partial charge in [0.15, 0.2) is 0 Å². The van der Waals surface area contributed by atoms with Gasteiger partial charge in [0.25, 0.3) is 0 Å². The van der Waals surface area contributed by atoms with Crippen LogP contribution in [0.1, 0.15) is 12.0 Å². The van der Waals surface area contributed by atoms with Crippen molar-refractivity contribution < 1.29 is 9.53 Å². The highest BCUT2D eigenvalue weighted by atomic mass is 16.5. The van der Waals surface area contributed by atoms with Gasteiger partial charge in [0, 0.05) is 44.3 Å². The first-order chi connectivity index (χ1) is 10.7. The van der Waals surface area contributed by atoms with Crippen LogP contribution in [0.5, 0.6) is 5.75 Å². The Kier molecular flexibility index (Phi) is 4.52. The van der Waals surface area contributed by atoms with Crippen LogP contribution in [0.3, 0.4) is 0 Å². The number of benzene rings is 1. The topological polar surface area (TPSA) is 44.8 Å². The van der Waals surface area contributed by atoms with Gasteiger partial charge in [-0.05, 0) is 43.7 Å². The summed E-state index contributed by atoms with van der Waals surface area (Å²) in [6.45, 7) is 5.03. The lowest BCUT2D eigenvalue weighted by Gasteiger charge is -2.35. The number of ether oxygens (including phenoxy) is 1. The van der Waals surface area contributed by atoms with Gasteiger partial charge in [0.1, 0.15) is 5.75 Å². The second kappa shape index (κ2) is 6.57. The summed E-state index contributed by atoms with van der Waals surface area (Å²) in [5, 5.41) is 2.93. The minimum Gasteiger partial charge on any atom is -0.497 e. The number of methoxy groups -OCH3 is 1. The maximum absolute atomic E-state index is 11.9. The number of anilines is 1. The number of hydrogen-bond donors (Lipinski definition) is 1. The van der Waals surface area contributed by atoms with Crippen molar-refractivity contribution in [3.8, 4) is 5.75 Å². The fourth-order valence-corrected chi connectivity index (χ4v) is 3.31. The van der Waals surface area contributed by atoms with E-state index in [1.807, 2.05) is 6.07 Å². The van der Waals surface area contributed by atoms with Crippen molar-refractivity contribution in [2.75, 3.05) is 51.8 Å². The molecule has 1 aromatic carbocycles. The molecule has 1 atom stereocenters. The molecule has 0 spiro atoms. The summed E-state index contributed by atoms with van der Waals surface area (Å²) in [5.41, 5.74) is 2.49. The highest BCUT2D eigenvalue weighted by Crippen LogP contribution is 2.30. The third-order valence-corrected chi connectivity index (χ3v) is 4.76. The van der Waals surface area contributed by atoms with E-state index in [4.69, 9.17) is 4.74 Å². The molecular formula is C17H25N3O2. The number of carbonyl (C=O) groups excluding carboxylic acids is 1. The van der Waals surface area contributed by atoms with Gasteiger partial charge in [0.2, 0.25) is 5.91 Å². The number of carbonyl (C=O) groups is 1. The molecule has 2 heterocycles. The van der Waals surface area contributed by atoms with Crippen molar-refractivity contribution in [3.63, 3.8) is 0 Å². The largest absolute Gasteiger partial charge is 0.497 e.